The molecule has 0 bridgehead atoms. The minimum Gasteiger partial charge on any atom is -0.328 e. The standard InChI is InChI=1S/C17H23N3O/c1-12-3-4-15-13(2)10-17(21)20(16(15)9-12)11-19-7-5-14(18)6-8-19/h3-4,9-10,14H,5-8,11,18H2,1-2H3. The summed E-state index contributed by atoms with van der Waals surface area (Å²) >= 11 is 0. The lowest BCUT2D eigenvalue weighted by Crippen LogP contribution is -2.42. The van der Waals surface area contributed by atoms with Gasteiger partial charge in [0.2, 0.25) is 0 Å². The van der Waals surface area contributed by atoms with Gasteiger partial charge >= 0.3 is 0 Å². The number of aryl methyl sites for hydroxylation is 2. The van der Waals surface area contributed by atoms with Crippen molar-refractivity contribution in [2.45, 2.75) is 39.4 Å². The van der Waals surface area contributed by atoms with Gasteiger partial charge < -0.3 is 5.73 Å². The summed E-state index contributed by atoms with van der Waals surface area (Å²) in [6.45, 7) is 6.66. The van der Waals surface area contributed by atoms with Gasteiger partial charge in [0, 0.05) is 30.6 Å². The highest BCUT2D eigenvalue weighted by atomic mass is 16.1. The molecule has 1 aliphatic heterocycles. The van der Waals surface area contributed by atoms with Crippen molar-refractivity contribution in [3.63, 3.8) is 0 Å². The summed E-state index contributed by atoms with van der Waals surface area (Å²) in [7, 11) is 0. The van der Waals surface area contributed by atoms with E-state index in [-0.39, 0.29) is 5.56 Å². The SMILES string of the molecule is Cc1ccc2c(C)cc(=O)n(CN3CCC(N)CC3)c2c1. The highest BCUT2D eigenvalue weighted by molar-refractivity contribution is 5.83. The molecular weight excluding hydrogens is 262 g/mol. The van der Waals surface area contributed by atoms with Gasteiger partial charge in [0.25, 0.3) is 5.56 Å². The monoisotopic (exact) mass is 285 g/mol. The number of aromatic nitrogens is 1. The molecule has 2 N–H and O–H groups in total. The Labute approximate surface area is 125 Å². The molecular formula is C17H23N3O. The zero-order valence-corrected chi connectivity index (χ0v) is 12.8. The number of fused-ring (bicyclic) bond motifs is 1. The van der Waals surface area contributed by atoms with Crippen LogP contribution in [0.4, 0.5) is 0 Å². The first-order chi connectivity index (χ1) is 10.0. The number of pyridine rings is 1. The minimum absolute atomic E-state index is 0.0838. The topological polar surface area (TPSA) is 51.3 Å². The average molecular weight is 285 g/mol. The second-order valence-electron chi connectivity index (χ2n) is 6.21. The van der Waals surface area contributed by atoms with Crippen LogP contribution in [0, 0.1) is 13.8 Å². The van der Waals surface area contributed by atoms with Crippen LogP contribution in [0.25, 0.3) is 10.9 Å². The normalized spacial score (nSPS) is 17.5. The van der Waals surface area contributed by atoms with Gasteiger partial charge in [-0.1, -0.05) is 12.1 Å². The number of hydrogen-bond acceptors (Lipinski definition) is 3. The predicted molar refractivity (Wildman–Crippen MR) is 86.5 cm³/mol. The maximum Gasteiger partial charge on any atom is 0.252 e. The molecule has 4 heteroatoms. The van der Waals surface area contributed by atoms with Gasteiger partial charge in [0.15, 0.2) is 0 Å². The molecule has 1 saturated heterocycles. The van der Waals surface area contributed by atoms with Crippen LogP contribution >= 0.6 is 0 Å². The molecule has 2 heterocycles. The summed E-state index contributed by atoms with van der Waals surface area (Å²) < 4.78 is 1.90. The fourth-order valence-corrected chi connectivity index (χ4v) is 3.10. The first kappa shape index (κ1) is 14.3. The Balaban J connectivity index is 2.01. The van der Waals surface area contributed by atoms with Crippen molar-refractivity contribution in [1.82, 2.24) is 9.47 Å². The molecule has 1 fully saturated rings. The van der Waals surface area contributed by atoms with Gasteiger partial charge in [0.1, 0.15) is 0 Å². The number of nitrogens with zero attached hydrogens (tertiary/aromatic N) is 2. The van der Waals surface area contributed by atoms with E-state index in [4.69, 9.17) is 5.73 Å². The van der Waals surface area contributed by atoms with Gasteiger partial charge in [-0.15, -0.1) is 0 Å². The molecule has 3 rings (SSSR count). The number of piperidine rings is 1. The zero-order valence-electron chi connectivity index (χ0n) is 12.8. The Kier molecular flexibility index (Phi) is 3.83. The lowest BCUT2D eigenvalue weighted by atomic mass is 10.1. The molecule has 0 aliphatic carbocycles. The number of rotatable bonds is 2. The third kappa shape index (κ3) is 2.87. The molecule has 0 saturated carbocycles. The molecule has 1 aliphatic rings. The van der Waals surface area contributed by atoms with Crippen LogP contribution in [0.2, 0.25) is 0 Å². The number of hydrogen-bond donors (Lipinski definition) is 1. The third-order valence-corrected chi connectivity index (χ3v) is 4.45. The molecule has 21 heavy (non-hydrogen) atoms. The quantitative estimate of drug-likeness (QED) is 0.918. The molecule has 1 aromatic heterocycles. The summed E-state index contributed by atoms with van der Waals surface area (Å²) in [4.78, 5) is 14.7. The lowest BCUT2D eigenvalue weighted by Gasteiger charge is -2.30. The van der Waals surface area contributed by atoms with E-state index in [1.165, 1.54) is 5.56 Å². The number of nitrogens with two attached hydrogens (primary N) is 1. The van der Waals surface area contributed by atoms with Crippen LogP contribution in [-0.2, 0) is 6.67 Å². The Morgan fingerprint density at radius 2 is 1.90 bits per heavy atom. The Bertz CT molecular complexity index is 712. The van der Waals surface area contributed by atoms with E-state index in [0.29, 0.717) is 12.7 Å². The van der Waals surface area contributed by atoms with Crippen molar-refractivity contribution >= 4 is 10.9 Å². The van der Waals surface area contributed by atoms with Crippen molar-refractivity contribution in [3.05, 3.63) is 45.7 Å². The first-order valence-corrected chi connectivity index (χ1v) is 7.63. The van der Waals surface area contributed by atoms with Gasteiger partial charge in [-0.25, -0.2) is 0 Å². The summed E-state index contributed by atoms with van der Waals surface area (Å²) in [5.41, 5.74) is 9.31. The maximum absolute atomic E-state index is 12.4. The molecule has 0 radical (unpaired) electrons. The van der Waals surface area contributed by atoms with Crippen LogP contribution in [-0.4, -0.2) is 28.6 Å². The van der Waals surface area contributed by atoms with Crippen molar-refractivity contribution in [1.29, 1.82) is 0 Å². The van der Waals surface area contributed by atoms with E-state index in [1.54, 1.807) is 6.07 Å². The second-order valence-corrected chi connectivity index (χ2v) is 6.21. The molecule has 2 aromatic rings. The maximum atomic E-state index is 12.4. The smallest absolute Gasteiger partial charge is 0.252 e. The summed E-state index contributed by atoms with van der Waals surface area (Å²) in [5.74, 6) is 0. The Morgan fingerprint density at radius 1 is 1.19 bits per heavy atom. The largest absolute Gasteiger partial charge is 0.328 e. The highest BCUT2D eigenvalue weighted by Gasteiger charge is 2.17. The first-order valence-electron chi connectivity index (χ1n) is 7.63. The van der Waals surface area contributed by atoms with Crippen LogP contribution < -0.4 is 11.3 Å². The van der Waals surface area contributed by atoms with E-state index in [2.05, 4.69) is 30.0 Å². The molecule has 1 aromatic carbocycles. The summed E-state index contributed by atoms with van der Waals surface area (Å²) in [5, 5.41) is 1.16. The van der Waals surface area contributed by atoms with Crippen molar-refractivity contribution in [2.24, 2.45) is 5.73 Å². The van der Waals surface area contributed by atoms with E-state index in [0.717, 1.165) is 42.4 Å². The summed E-state index contributed by atoms with van der Waals surface area (Å²) in [6.07, 6.45) is 2.02. The van der Waals surface area contributed by atoms with Gasteiger partial charge in [0.05, 0.1) is 12.2 Å². The van der Waals surface area contributed by atoms with Crippen LogP contribution in [0.1, 0.15) is 24.0 Å². The Morgan fingerprint density at radius 3 is 2.62 bits per heavy atom. The fourth-order valence-electron chi connectivity index (χ4n) is 3.10. The third-order valence-electron chi connectivity index (χ3n) is 4.45. The molecule has 0 unspecified atom stereocenters. The molecule has 0 atom stereocenters. The van der Waals surface area contributed by atoms with Gasteiger partial charge in [-0.3, -0.25) is 14.3 Å². The van der Waals surface area contributed by atoms with Crippen molar-refractivity contribution < 1.29 is 0 Å². The Hall–Kier alpha value is -1.65. The fraction of sp³-hybridized carbons (Fsp3) is 0.471. The molecule has 4 nitrogen and oxygen atoms in total. The minimum atomic E-state index is 0.0838. The van der Waals surface area contributed by atoms with E-state index >= 15 is 0 Å². The molecule has 112 valence electrons. The van der Waals surface area contributed by atoms with Crippen LogP contribution in [0.5, 0.6) is 0 Å². The van der Waals surface area contributed by atoms with Gasteiger partial charge in [-0.2, -0.15) is 0 Å². The van der Waals surface area contributed by atoms with Crippen LogP contribution in [0.3, 0.4) is 0 Å². The number of likely N-dealkylation sites (tertiary alicyclic amines) is 1. The zero-order chi connectivity index (χ0) is 15.0. The predicted octanol–water partition coefficient (Wildman–Crippen LogP) is 2.00. The number of benzene rings is 1. The van der Waals surface area contributed by atoms with Crippen molar-refractivity contribution in [3.8, 4) is 0 Å². The molecule has 0 spiro atoms. The van der Waals surface area contributed by atoms with Crippen molar-refractivity contribution in [2.75, 3.05) is 13.1 Å². The second kappa shape index (κ2) is 5.62. The highest BCUT2D eigenvalue weighted by Crippen LogP contribution is 2.19. The average Bonchev–Trinajstić information content (AvgIpc) is 2.45. The van der Waals surface area contributed by atoms with E-state index in [1.807, 2.05) is 11.5 Å². The summed E-state index contributed by atoms with van der Waals surface area (Å²) in [6, 6.07) is 8.38. The lowest BCUT2D eigenvalue weighted by molar-refractivity contribution is 0.171. The van der Waals surface area contributed by atoms with E-state index in [9.17, 15) is 4.79 Å². The van der Waals surface area contributed by atoms with Gasteiger partial charge in [-0.05, 0) is 43.9 Å². The molecule has 0 amide bonds. The van der Waals surface area contributed by atoms with Crippen LogP contribution in [0.15, 0.2) is 29.1 Å². The van der Waals surface area contributed by atoms with E-state index < -0.39 is 0 Å².